The number of ether oxygens (including phenoxy) is 1. The zero-order valence-corrected chi connectivity index (χ0v) is 13.5. The lowest BCUT2D eigenvalue weighted by molar-refractivity contribution is 0.0383. The summed E-state index contributed by atoms with van der Waals surface area (Å²) in [7, 11) is 0. The van der Waals surface area contributed by atoms with Gasteiger partial charge in [-0.05, 0) is 26.0 Å². The summed E-state index contributed by atoms with van der Waals surface area (Å²) in [4.78, 5) is 20.9. The number of carbonyl (C=O) groups excluding carboxylic acids is 1. The van der Waals surface area contributed by atoms with E-state index < -0.39 is 0 Å². The molecule has 1 amide bonds. The summed E-state index contributed by atoms with van der Waals surface area (Å²) < 4.78 is 5.31. The molecule has 2 rings (SSSR count). The van der Waals surface area contributed by atoms with Gasteiger partial charge in [-0.25, -0.2) is 0 Å². The lowest BCUT2D eigenvalue weighted by Gasteiger charge is -2.26. The SMILES string of the molecule is CCN(CC)c1ccnc(C(=O)NCCN2CCOCC2)c1. The van der Waals surface area contributed by atoms with E-state index in [1.54, 1.807) is 6.20 Å². The molecule has 0 aliphatic carbocycles. The molecular formula is C16H26N4O2. The molecule has 6 nitrogen and oxygen atoms in total. The molecule has 1 fully saturated rings. The Morgan fingerprint density at radius 3 is 2.77 bits per heavy atom. The van der Waals surface area contributed by atoms with Crippen LogP contribution in [0.25, 0.3) is 0 Å². The Hall–Kier alpha value is -1.66. The summed E-state index contributed by atoms with van der Waals surface area (Å²) in [6.45, 7) is 11.0. The Morgan fingerprint density at radius 1 is 1.36 bits per heavy atom. The number of hydrogen-bond acceptors (Lipinski definition) is 5. The topological polar surface area (TPSA) is 57.7 Å². The van der Waals surface area contributed by atoms with E-state index in [0.717, 1.165) is 51.6 Å². The van der Waals surface area contributed by atoms with Crippen LogP contribution in [0.1, 0.15) is 24.3 Å². The molecule has 1 aliphatic heterocycles. The maximum absolute atomic E-state index is 12.2. The predicted molar refractivity (Wildman–Crippen MR) is 87.4 cm³/mol. The smallest absolute Gasteiger partial charge is 0.269 e. The van der Waals surface area contributed by atoms with Crippen LogP contribution in [-0.2, 0) is 4.74 Å². The van der Waals surface area contributed by atoms with E-state index in [9.17, 15) is 4.79 Å². The van der Waals surface area contributed by atoms with Gasteiger partial charge in [-0.15, -0.1) is 0 Å². The number of carbonyl (C=O) groups is 1. The molecular weight excluding hydrogens is 280 g/mol. The van der Waals surface area contributed by atoms with Gasteiger partial charge in [0.15, 0.2) is 0 Å². The highest BCUT2D eigenvalue weighted by molar-refractivity contribution is 5.93. The number of aromatic nitrogens is 1. The molecule has 0 spiro atoms. The first-order valence-corrected chi connectivity index (χ1v) is 8.04. The summed E-state index contributed by atoms with van der Waals surface area (Å²) in [5.74, 6) is -0.109. The van der Waals surface area contributed by atoms with Crippen molar-refractivity contribution >= 4 is 11.6 Å². The first-order valence-electron chi connectivity index (χ1n) is 8.04. The van der Waals surface area contributed by atoms with Gasteiger partial charge < -0.3 is 15.0 Å². The third-order valence-corrected chi connectivity index (χ3v) is 3.92. The van der Waals surface area contributed by atoms with Gasteiger partial charge in [-0.3, -0.25) is 14.7 Å². The third kappa shape index (κ3) is 4.68. The second-order valence-electron chi connectivity index (χ2n) is 5.28. The van der Waals surface area contributed by atoms with Crippen molar-refractivity contribution in [3.63, 3.8) is 0 Å². The number of pyridine rings is 1. The maximum Gasteiger partial charge on any atom is 0.269 e. The summed E-state index contributed by atoms with van der Waals surface area (Å²) in [5.41, 5.74) is 1.52. The van der Waals surface area contributed by atoms with E-state index in [4.69, 9.17) is 4.74 Å². The van der Waals surface area contributed by atoms with Gasteiger partial charge >= 0.3 is 0 Å². The van der Waals surface area contributed by atoms with E-state index >= 15 is 0 Å². The minimum atomic E-state index is -0.109. The molecule has 122 valence electrons. The molecule has 1 saturated heterocycles. The van der Waals surface area contributed by atoms with Crippen molar-refractivity contribution in [2.75, 3.05) is 57.4 Å². The van der Waals surface area contributed by atoms with Crippen LogP contribution in [0.2, 0.25) is 0 Å². The third-order valence-electron chi connectivity index (χ3n) is 3.92. The lowest BCUT2D eigenvalue weighted by atomic mass is 10.2. The highest BCUT2D eigenvalue weighted by Gasteiger charge is 2.12. The molecule has 0 bridgehead atoms. The van der Waals surface area contributed by atoms with E-state index in [1.165, 1.54) is 0 Å². The van der Waals surface area contributed by atoms with Gasteiger partial charge in [0.1, 0.15) is 5.69 Å². The van der Waals surface area contributed by atoms with Crippen LogP contribution >= 0.6 is 0 Å². The van der Waals surface area contributed by atoms with Gasteiger partial charge in [-0.2, -0.15) is 0 Å². The molecule has 1 aromatic heterocycles. The van der Waals surface area contributed by atoms with E-state index in [-0.39, 0.29) is 5.91 Å². The van der Waals surface area contributed by atoms with Crippen LogP contribution in [0.15, 0.2) is 18.3 Å². The van der Waals surface area contributed by atoms with Gasteiger partial charge in [0, 0.05) is 51.2 Å². The van der Waals surface area contributed by atoms with Crippen LogP contribution in [0, 0.1) is 0 Å². The Balaban J connectivity index is 1.85. The van der Waals surface area contributed by atoms with Crippen molar-refractivity contribution in [1.29, 1.82) is 0 Å². The monoisotopic (exact) mass is 306 g/mol. The van der Waals surface area contributed by atoms with Gasteiger partial charge in [0.05, 0.1) is 13.2 Å². The fourth-order valence-corrected chi connectivity index (χ4v) is 2.57. The summed E-state index contributed by atoms with van der Waals surface area (Å²) in [6.07, 6.45) is 1.70. The molecule has 0 atom stereocenters. The van der Waals surface area contributed by atoms with Crippen molar-refractivity contribution in [2.45, 2.75) is 13.8 Å². The minimum Gasteiger partial charge on any atom is -0.379 e. The fraction of sp³-hybridized carbons (Fsp3) is 0.625. The fourth-order valence-electron chi connectivity index (χ4n) is 2.57. The molecule has 0 unspecified atom stereocenters. The molecule has 0 saturated carbocycles. The average Bonchev–Trinajstić information content (AvgIpc) is 2.57. The number of hydrogen-bond donors (Lipinski definition) is 1. The molecule has 0 radical (unpaired) electrons. The highest BCUT2D eigenvalue weighted by atomic mass is 16.5. The maximum atomic E-state index is 12.2. The Labute approximate surface area is 132 Å². The van der Waals surface area contributed by atoms with Crippen molar-refractivity contribution in [3.8, 4) is 0 Å². The molecule has 1 aliphatic rings. The average molecular weight is 306 g/mol. The number of nitrogens with zero attached hydrogens (tertiary/aromatic N) is 3. The summed E-state index contributed by atoms with van der Waals surface area (Å²) >= 11 is 0. The van der Waals surface area contributed by atoms with Crippen LogP contribution in [0.5, 0.6) is 0 Å². The number of anilines is 1. The molecule has 2 heterocycles. The first kappa shape index (κ1) is 16.7. The number of nitrogens with one attached hydrogen (secondary N) is 1. The zero-order chi connectivity index (χ0) is 15.8. The van der Waals surface area contributed by atoms with Crippen molar-refractivity contribution in [3.05, 3.63) is 24.0 Å². The predicted octanol–water partition coefficient (Wildman–Crippen LogP) is 0.990. The highest BCUT2D eigenvalue weighted by Crippen LogP contribution is 2.13. The number of morpholine rings is 1. The summed E-state index contributed by atoms with van der Waals surface area (Å²) in [6, 6.07) is 3.80. The first-order chi connectivity index (χ1) is 10.7. The molecule has 6 heteroatoms. The van der Waals surface area contributed by atoms with Crippen molar-refractivity contribution in [2.24, 2.45) is 0 Å². The molecule has 1 aromatic rings. The Bertz CT molecular complexity index is 471. The lowest BCUT2D eigenvalue weighted by Crippen LogP contribution is -2.41. The van der Waals surface area contributed by atoms with E-state index in [2.05, 4.69) is 33.9 Å². The van der Waals surface area contributed by atoms with Gasteiger partial charge in [-0.1, -0.05) is 0 Å². The molecule has 22 heavy (non-hydrogen) atoms. The van der Waals surface area contributed by atoms with E-state index in [0.29, 0.717) is 12.2 Å². The zero-order valence-electron chi connectivity index (χ0n) is 13.5. The molecule has 0 aromatic carbocycles. The second-order valence-corrected chi connectivity index (χ2v) is 5.28. The van der Waals surface area contributed by atoms with Crippen LogP contribution in [0.3, 0.4) is 0 Å². The van der Waals surface area contributed by atoms with Gasteiger partial charge in [0.25, 0.3) is 5.91 Å². The minimum absolute atomic E-state index is 0.109. The van der Waals surface area contributed by atoms with Crippen LogP contribution in [-0.4, -0.2) is 68.3 Å². The number of rotatable bonds is 7. The van der Waals surface area contributed by atoms with Crippen molar-refractivity contribution in [1.82, 2.24) is 15.2 Å². The van der Waals surface area contributed by atoms with Crippen LogP contribution in [0.4, 0.5) is 5.69 Å². The van der Waals surface area contributed by atoms with E-state index in [1.807, 2.05) is 12.1 Å². The van der Waals surface area contributed by atoms with Gasteiger partial charge in [0.2, 0.25) is 0 Å². The molecule has 1 N–H and O–H groups in total. The quantitative estimate of drug-likeness (QED) is 0.814. The Kier molecular flexibility index (Phi) is 6.61. The second kappa shape index (κ2) is 8.70. The standard InChI is InChI=1S/C16H26N4O2/c1-3-20(4-2)14-5-6-17-15(13-14)16(21)18-7-8-19-9-11-22-12-10-19/h5-6,13H,3-4,7-12H2,1-2H3,(H,18,21). The van der Waals surface area contributed by atoms with Crippen LogP contribution < -0.4 is 10.2 Å². The number of amides is 1. The largest absolute Gasteiger partial charge is 0.379 e. The Morgan fingerprint density at radius 2 is 2.09 bits per heavy atom. The normalized spacial score (nSPS) is 15.5. The summed E-state index contributed by atoms with van der Waals surface area (Å²) in [5, 5.41) is 2.95. The van der Waals surface area contributed by atoms with Crippen molar-refractivity contribution < 1.29 is 9.53 Å².